The largest absolute Gasteiger partial charge is 0.382 e. The predicted molar refractivity (Wildman–Crippen MR) is 38.6 cm³/mol. The number of rotatable bonds is 3. The van der Waals surface area contributed by atoms with Crippen molar-refractivity contribution in [1.29, 1.82) is 0 Å². The highest BCUT2D eigenvalue weighted by Gasteiger charge is 1.73. The Morgan fingerprint density at radius 2 is 1.50 bits per heavy atom. The molecule has 0 radical (unpaired) electrons. The summed E-state index contributed by atoms with van der Waals surface area (Å²) >= 11 is 0. The van der Waals surface area contributed by atoms with E-state index >= 15 is 0 Å². The molecule has 2 N–H and O–H groups in total. The Morgan fingerprint density at radius 3 is 1.60 bits per heavy atom. The van der Waals surface area contributed by atoms with Gasteiger partial charge in [0, 0.05) is 21.1 Å². The molecule has 0 aromatic rings. The van der Waals surface area contributed by atoms with Crippen LogP contribution in [0.4, 0.5) is 0 Å². The van der Waals surface area contributed by atoms with E-state index in [1.807, 2.05) is 0 Å². The number of carbonyl (C=O) groups excluding carboxylic acids is 1. The molecule has 0 aromatic carbocycles. The number of hydrogen-bond donors (Lipinski definition) is 1. The Kier molecular flexibility index (Phi) is 13.6. The summed E-state index contributed by atoms with van der Waals surface area (Å²) < 4.78 is 9.31. The Bertz CT molecular complexity index is 67.4. The molecule has 0 aromatic heterocycles. The molecule has 0 aliphatic rings. The van der Waals surface area contributed by atoms with E-state index in [-0.39, 0.29) is 5.91 Å². The highest BCUT2D eigenvalue weighted by molar-refractivity contribution is 5.70. The first-order valence-electron chi connectivity index (χ1n) is 2.89. The van der Waals surface area contributed by atoms with Gasteiger partial charge in [-0.15, -0.1) is 0 Å². The fourth-order valence-corrected chi connectivity index (χ4v) is 0.167. The first-order valence-corrected chi connectivity index (χ1v) is 2.89. The normalized spacial score (nSPS) is 7.90. The van der Waals surface area contributed by atoms with Crippen molar-refractivity contribution in [2.45, 2.75) is 6.92 Å². The lowest BCUT2D eigenvalue weighted by Gasteiger charge is -1.91. The van der Waals surface area contributed by atoms with Crippen LogP contribution < -0.4 is 5.73 Å². The van der Waals surface area contributed by atoms with Crippen LogP contribution in [0.15, 0.2) is 0 Å². The molecule has 0 heterocycles. The van der Waals surface area contributed by atoms with Crippen molar-refractivity contribution in [2.24, 2.45) is 5.73 Å². The van der Waals surface area contributed by atoms with Crippen molar-refractivity contribution < 1.29 is 14.3 Å². The monoisotopic (exact) mass is 149 g/mol. The van der Waals surface area contributed by atoms with E-state index in [2.05, 4.69) is 15.2 Å². The van der Waals surface area contributed by atoms with Crippen molar-refractivity contribution in [3.63, 3.8) is 0 Å². The number of primary amides is 1. The van der Waals surface area contributed by atoms with E-state index in [9.17, 15) is 4.79 Å². The summed E-state index contributed by atoms with van der Waals surface area (Å²) in [7, 11) is 3.30. The SMILES string of the molecule is CC(N)=O.COCCOC. The van der Waals surface area contributed by atoms with Crippen LogP contribution in [-0.4, -0.2) is 33.3 Å². The molecule has 0 rings (SSSR count). The number of ether oxygens (including phenoxy) is 2. The third-order valence-corrected chi connectivity index (χ3v) is 0.492. The summed E-state index contributed by atoms with van der Waals surface area (Å²) in [5, 5.41) is 0. The van der Waals surface area contributed by atoms with Gasteiger partial charge >= 0.3 is 0 Å². The second-order valence-electron chi connectivity index (χ2n) is 1.60. The number of methoxy groups -OCH3 is 2. The predicted octanol–water partition coefficient (Wildman–Crippen LogP) is -0.229. The Balaban J connectivity index is 0. The molecule has 10 heavy (non-hydrogen) atoms. The minimum absolute atomic E-state index is 0.333. The fraction of sp³-hybridized carbons (Fsp3) is 0.833. The van der Waals surface area contributed by atoms with Crippen LogP contribution in [-0.2, 0) is 14.3 Å². The molecule has 0 fully saturated rings. The Labute approximate surface area is 61.3 Å². The zero-order valence-electron chi connectivity index (χ0n) is 6.72. The van der Waals surface area contributed by atoms with Gasteiger partial charge in [-0.05, 0) is 0 Å². The number of carbonyl (C=O) groups is 1. The number of hydrogen-bond acceptors (Lipinski definition) is 3. The summed E-state index contributed by atoms with van der Waals surface area (Å²) in [5.74, 6) is -0.333. The third kappa shape index (κ3) is 52.8. The summed E-state index contributed by atoms with van der Waals surface area (Å²) in [6.07, 6.45) is 0. The van der Waals surface area contributed by atoms with Gasteiger partial charge in [0.25, 0.3) is 0 Å². The van der Waals surface area contributed by atoms with Crippen molar-refractivity contribution >= 4 is 5.91 Å². The summed E-state index contributed by atoms with van der Waals surface area (Å²) in [6, 6.07) is 0. The highest BCUT2D eigenvalue weighted by Crippen LogP contribution is 1.65. The van der Waals surface area contributed by atoms with Crippen molar-refractivity contribution in [3.8, 4) is 0 Å². The maximum absolute atomic E-state index is 9.22. The molecule has 0 unspecified atom stereocenters. The number of nitrogens with two attached hydrogens (primary N) is 1. The van der Waals surface area contributed by atoms with Crippen LogP contribution in [0.1, 0.15) is 6.92 Å². The van der Waals surface area contributed by atoms with Crippen molar-refractivity contribution in [1.82, 2.24) is 0 Å². The molecule has 4 heteroatoms. The van der Waals surface area contributed by atoms with Crippen molar-refractivity contribution in [3.05, 3.63) is 0 Å². The smallest absolute Gasteiger partial charge is 0.214 e. The van der Waals surface area contributed by atoms with Gasteiger partial charge in [0.05, 0.1) is 13.2 Å². The minimum atomic E-state index is -0.333. The van der Waals surface area contributed by atoms with Crippen LogP contribution in [0, 0.1) is 0 Å². The van der Waals surface area contributed by atoms with Gasteiger partial charge in [-0.25, -0.2) is 0 Å². The van der Waals surface area contributed by atoms with E-state index in [0.29, 0.717) is 13.2 Å². The van der Waals surface area contributed by atoms with Gasteiger partial charge in [0.15, 0.2) is 0 Å². The Hall–Kier alpha value is -0.610. The van der Waals surface area contributed by atoms with E-state index in [1.54, 1.807) is 14.2 Å². The standard InChI is InChI=1S/C4H10O2.C2H5NO/c1-5-3-4-6-2;1-2(3)4/h3-4H2,1-2H3;1H3,(H2,3,4). The molecular weight excluding hydrogens is 134 g/mol. The van der Waals surface area contributed by atoms with Crippen LogP contribution in [0.25, 0.3) is 0 Å². The average Bonchev–Trinajstić information content (AvgIpc) is 1.82. The lowest BCUT2D eigenvalue weighted by Crippen LogP contribution is -2.01. The molecule has 0 aliphatic carbocycles. The lowest BCUT2D eigenvalue weighted by atomic mass is 10.8. The highest BCUT2D eigenvalue weighted by atomic mass is 16.5. The molecule has 0 atom stereocenters. The van der Waals surface area contributed by atoms with Gasteiger partial charge in [0.2, 0.25) is 5.91 Å². The van der Waals surface area contributed by atoms with E-state index in [1.165, 1.54) is 6.92 Å². The Morgan fingerprint density at radius 1 is 1.30 bits per heavy atom. The van der Waals surface area contributed by atoms with Gasteiger partial charge in [-0.3, -0.25) is 4.79 Å². The van der Waals surface area contributed by atoms with E-state index < -0.39 is 0 Å². The first kappa shape index (κ1) is 12.1. The molecule has 0 spiro atoms. The molecule has 0 saturated heterocycles. The summed E-state index contributed by atoms with van der Waals surface area (Å²) in [4.78, 5) is 9.22. The zero-order valence-corrected chi connectivity index (χ0v) is 6.72. The van der Waals surface area contributed by atoms with Crippen LogP contribution in [0.2, 0.25) is 0 Å². The lowest BCUT2D eigenvalue weighted by molar-refractivity contribution is -0.115. The fourth-order valence-electron chi connectivity index (χ4n) is 0.167. The van der Waals surface area contributed by atoms with Crippen LogP contribution in [0.5, 0.6) is 0 Å². The zero-order chi connectivity index (χ0) is 8.41. The summed E-state index contributed by atoms with van der Waals surface area (Å²) in [5.41, 5.74) is 4.47. The maximum atomic E-state index is 9.22. The molecule has 0 aliphatic heterocycles. The minimum Gasteiger partial charge on any atom is -0.382 e. The van der Waals surface area contributed by atoms with Gasteiger partial charge < -0.3 is 15.2 Å². The molecular formula is C6H15NO3. The van der Waals surface area contributed by atoms with E-state index in [4.69, 9.17) is 0 Å². The van der Waals surface area contributed by atoms with Gasteiger partial charge in [-0.1, -0.05) is 0 Å². The second-order valence-corrected chi connectivity index (χ2v) is 1.60. The molecule has 62 valence electrons. The van der Waals surface area contributed by atoms with Gasteiger partial charge in [0.1, 0.15) is 0 Å². The van der Waals surface area contributed by atoms with Crippen molar-refractivity contribution in [2.75, 3.05) is 27.4 Å². The molecule has 0 saturated carbocycles. The number of amides is 1. The first-order chi connectivity index (χ1) is 4.65. The maximum Gasteiger partial charge on any atom is 0.214 e. The topological polar surface area (TPSA) is 61.6 Å². The van der Waals surface area contributed by atoms with Crippen LogP contribution >= 0.6 is 0 Å². The summed E-state index contributed by atoms with van der Waals surface area (Å²) in [6.45, 7) is 2.69. The molecule has 0 bridgehead atoms. The second kappa shape index (κ2) is 11.2. The van der Waals surface area contributed by atoms with Crippen LogP contribution in [0.3, 0.4) is 0 Å². The van der Waals surface area contributed by atoms with E-state index in [0.717, 1.165) is 0 Å². The molecule has 1 amide bonds. The van der Waals surface area contributed by atoms with Gasteiger partial charge in [-0.2, -0.15) is 0 Å². The quantitative estimate of drug-likeness (QED) is 0.564. The third-order valence-electron chi connectivity index (χ3n) is 0.492. The molecule has 4 nitrogen and oxygen atoms in total. The average molecular weight is 149 g/mol.